The highest BCUT2D eigenvalue weighted by Crippen LogP contribution is 2.38. The van der Waals surface area contributed by atoms with Gasteiger partial charge in [-0.15, -0.1) is 11.3 Å². The Kier molecular flexibility index (Phi) is 6.20. The molecule has 0 saturated heterocycles. The minimum Gasteiger partial charge on any atom is -0.144 e. The zero-order valence-corrected chi connectivity index (χ0v) is 13.5. The number of hydrogen-bond acceptors (Lipinski definition) is 1. The summed E-state index contributed by atoms with van der Waals surface area (Å²) in [5, 5.41) is 3.51. The molecule has 0 amide bonds. The Bertz CT molecular complexity index is 487. The van der Waals surface area contributed by atoms with E-state index >= 15 is 0 Å². The third-order valence-electron chi connectivity index (χ3n) is 2.46. The Balaban J connectivity index is 0.000000771. The molecule has 0 aliphatic heterocycles. The molecule has 0 aliphatic rings. The summed E-state index contributed by atoms with van der Waals surface area (Å²) in [6.07, 6.45) is 0. The van der Waals surface area contributed by atoms with Crippen LogP contribution in [0.4, 0.5) is 0 Å². The van der Waals surface area contributed by atoms with Crippen LogP contribution in [0.5, 0.6) is 0 Å². The van der Waals surface area contributed by atoms with E-state index in [9.17, 15) is 0 Å². The first-order valence-corrected chi connectivity index (χ1v) is 7.76. The summed E-state index contributed by atoms with van der Waals surface area (Å²) in [6.45, 7) is 8.29. The van der Waals surface area contributed by atoms with Gasteiger partial charge in [0.2, 0.25) is 0 Å². The van der Waals surface area contributed by atoms with Gasteiger partial charge in [0.05, 0.1) is 0 Å². The molecule has 0 atom stereocenters. The van der Waals surface area contributed by atoms with E-state index in [4.69, 9.17) is 23.2 Å². The monoisotopic (exact) mass is 300 g/mol. The van der Waals surface area contributed by atoms with Gasteiger partial charge in [-0.3, -0.25) is 0 Å². The molecule has 0 spiro atoms. The van der Waals surface area contributed by atoms with Crippen molar-refractivity contribution in [1.82, 2.24) is 0 Å². The van der Waals surface area contributed by atoms with E-state index in [1.165, 1.54) is 10.4 Å². The van der Waals surface area contributed by atoms with Gasteiger partial charge in [-0.05, 0) is 40.6 Å². The standard InChI is InChI=1S/C13H12Cl2S.C2H6/c1-8(2)13-10(12-4-3-5-16-12)6-9(14)7-11(13)15;1-2/h3-8H,1-2H3;1-2H3. The lowest BCUT2D eigenvalue weighted by atomic mass is 9.96. The molecule has 2 rings (SSSR count). The van der Waals surface area contributed by atoms with E-state index in [0.29, 0.717) is 10.9 Å². The van der Waals surface area contributed by atoms with Crippen molar-refractivity contribution < 1.29 is 0 Å². The van der Waals surface area contributed by atoms with Crippen LogP contribution in [-0.4, -0.2) is 0 Å². The van der Waals surface area contributed by atoms with E-state index < -0.39 is 0 Å². The van der Waals surface area contributed by atoms with E-state index in [2.05, 4.69) is 25.3 Å². The van der Waals surface area contributed by atoms with Gasteiger partial charge in [-0.1, -0.05) is 57.0 Å². The van der Waals surface area contributed by atoms with Crippen LogP contribution in [-0.2, 0) is 0 Å². The SMILES string of the molecule is CC.CC(C)c1c(Cl)cc(Cl)cc1-c1cccs1. The zero-order valence-electron chi connectivity index (χ0n) is 11.1. The first kappa shape index (κ1) is 15.6. The third kappa shape index (κ3) is 3.50. The van der Waals surface area contributed by atoms with Gasteiger partial charge < -0.3 is 0 Å². The molecule has 0 N–H and O–H groups in total. The summed E-state index contributed by atoms with van der Waals surface area (Å²) in [7, 11) is 0. The second-order valence-electron chi connectivity index (χ2n) is 3.98. The first-order valence-electron chi connectivity index (χ1n) is 6.12. The maximum atomic E-state index is 6.27. The fourth-order valence-electron chi connectivity index (χ4n) is 1.81. The average Bonchev–Trinajstić information content (AvgIpc) is 2.83. The van der Waals surface area contributed by atoms with E-state index in [0.717, 1.165) is 10.6 Å². The molecular formula is C15H18Cl2S. The molecule has 0 aliphatic carbocycles. The summed E-state index contributed by atoms with van der Waals surface area (Å²) < 4.78 is 0. The second-order valence-corrected chi connectivity index (χ2v) is 5.77. The van der Waals surface area contributed by atoms with E-state index in [1.54, 1.807) is 11.3 Å². The molecule has 0 nitrogen and oxygen atoms in total. The van der Waals surface area contributed by atoms with Crippen LogP contribution in [0.25, 0.3) is 10.4 Å². The lowest BCUT2D eigenvalue weighted by Gasteiger charge is -2.14. The normalized spacial score (nSPS) is 10.2. The molecule has 18 heavy (non-hydrogen) atoms. The van der Waals surface area contributed by atoms with Crippen molar-refractivity contribution in [2.75, 3.05) is 0 Å². The van der Waals surface area contributed by atoms with Crippen molar-refractivity contribution >= 4 is 34.5 Å². The molecule has 3 heteroatoms. The average molecular weight is 301 g/mol. The van der Waals surface area contributed by atoms with Gasteiger partial charge in [0.25, 0.3) is 0 Å². The van der Waals surface area contributed by atoms with Crippen LogP contribution in [0.2, 0.25) is 10.0 Å². The Hall–Kier alpha value is -0.500. The number of halogens is 2. The smallest absolute Gasteiger partial charge is 0.0461 e. The summed E-state index contributed by atoms with van der Waals surface area (Å²) in [5.41, 5.74) is 2.33. The quantitative estimate of drug-likeness (QED) is 0.567. The maximum Gasteiger partial charge on any atom is 0.0461 e. The van der Waals surface area contributed by atoms with Crippen molar-refractivity contribution in [2.24, 2.45) is 0 Å². The predicted molar refractivity (Wildman–Crippen MR) is 85.2 cm³/mol. The fraction of sp³-hybridized carbons (Fsp3) is 0.333. The molecule has 1 aromatic heterocycles. The van der Waals surface area contributed by atoms with Crippen LogP contribution < -0.4 is 0 Å². The van der Waals surface area contributed by atoms with Gasteiger partial charge in [-0.2, -0.15) is 0 Å². The first-order chi connectivity index (χ1) is 8.59. The Morgan fingerprint density at radius 2 is 1.78 bits per heavy atom. The number of rotatable bonds is 2. The van der Waals surface area contributed by atoms with Gasteiger partial charge in [-0.25, -0.2) is 0 Å². The van der Waals surface area contributed by atoms with Gasteiger partial charge in [0.1, 0.15) is 0 Å². The summed E-state index contributed by atoms with van der Waals surface area (Å²) >= 11 is 14.0. The number of thiophene rings is 1. The molecule has 98 valence electrons. The molecule has 0 saturated carbocycles. The van der Waals surface area contributed by atoms with Crippen LogP contribution in [0.15, 0.2) is 29.6 Å². The van der Waals surface area contributed by atoms with Crippen LogP contribution >= 0.6 is 34.5 Å². The van der Waals surface area contributed by atoms with Gasteiger partial charge in [0.15, 0.2) is 0 Å². The lowest BCUT2D eigenvalue weighted by Crippen LogP contribution is -1.93. The predicted octanol–water partition coefficient (Wildman–Crippen LogP) is 6.87. The molecule has 0 bridgehead atoms. The third-order valence-corrected chi connectivity index (χ3v) is 3.89. The Labute approximate surface area is 124 Å². The van der Waals surface area contributed by atoms with Crippen molar-refractivity contribution in [1.29, 1.82) is 0 Å². The largest absolute Gasteiger partial charge is 0.144 e. The molecule has 0 unspecified atom stereocenters. The van der Waals surface area contributed by atoms with E-state index in [-0.39, 0.29) is 0 Å². The van der Waals surface area contributed by atoms with Gasteiger partial charge >= 0.3 is 0 Å². The molecule has 1 aromatic carbocycles. The minimum atomic E-state index is 0.391. The van der Waals surface area contributed by atoms with Gasteiger partial charge in [0, 0.05) is 14.9 Å². The van der Waals surface area contributed by atoms with E-state index in [1.807, 2.05) is 32.0 Å². The second kappa shape index (κ2) is 7.18. The van der Waals surface area contributed by atoms with Crippen LogP contribution in [0.3, 0.4) is 0 Å². The Morgan fingerprint density at radius 3 is 2.28 bits per heavy atom. The van der Waals surface area contributed by atoms with Crippen molar-refractivity contribution in [3.63, 3.8) is 0 Å². The highest BCUT2D eigenvalue weighted by molar-refractivity contribution is 7.13. The molecule has 2 aromatic rings. The molecule has 0 fully saturated rings. The topological polar surface area (TPSA) is 0 Å². The fourth-order valence-corrected chi connectivity index (χ4v) is 3.28. The number of benzene rings is 1. The summed E-state index contributed by atoms with van der Waals surface area (Å²) in [5.74, 6) is 0.391. The highest BCUT2D eigenvalue weighted by Gasteiger charge is 2.14. The minimum absolute atomic E-state index is 0.391. The highest BCUT2D eigenvalue weighted by atomic mass is 35.5. The Morgan fingerprint density at radius 1 is 1.11 bits per heavy atom. The maximum absolute atomic E-state index is 6.27. The van der Waals surface area contributed by atoms with Crippen LogP contribution in [0, 0.1) is 0 Å². The molecular weight excluding hydrogens is 283 g/mol. The zero-order chi connectivity index (χ0) is 13.7. The summed E-state index contributed by atoms with van der Waals surface area (Å²) in [6, 6.07) is 7.95. The lowest BCUT2D eigenvalue weighted by molar-refractivity contribution is 0.870. The number of hydrogen-bond donors (Lipinski definition) is 0. The molecule has 0 radical (unpaired) electrons. The molecule has 1 heterocycles. The van der Waals surface area contributed by atoms with Crippen LogP contribution in [0.1, 0.15) is 39.2 Å². The van der Waals surface area contributed by atoms with Crippen molar-refractivity contribution in [3.8, 4) is 10.4 Å². The van der Waals surface area contributed by atoms with Crippen molar-refractivity contribution in [2.45, 2.75) is 33.6 Å². The summed E-state index contributed by atoms with van der Waals surface area (Å²) in [4.78, 5) is 1.22. The van der Waals surface area contributed by atoms with Crippen molar-refractivity contribution in [3.05, 3.63) is 45.3 Å².